The van der Waals surface area contributed by atoms with Gasteiger partial charge in [0.1, 0.15) is 5.75 Å². The largest absolute Gasteiger partial charge is 0.506 e. The standard InChI is InChI=1S/C16H15F3N2O2/c1-21(2)11-8-10(15(20)23)14(22)12(13(11)16(17,18)19)9-6-4-3-5-7-9/h3-8,22H,1-2H3,(H2,20,23). The van der Waals surface area contributed by atoms with Gasteiger partial charge in [-0.05, 0) is 11.6 Å². The van der Waals surface area contributed by atoms with E-state index in [-0.39, 0.29) is 16.8 Å². The van der Waals surface area contributed by atoms with Crippen molar-refractivity contribution < 1.29 is 23.1 Å². The molecule has 0 bridgehead atoms. The summed E-state index contributed by atoms with van der Waals surface area (Å²) in [6, 6.07) is 8.52. The predicted octanol–water partition coefficient (Wildman–Crippen LogP) is 3.24. The van der Waals surface area contributed by atoms with E-state index in [1.165, 1.54) is 31.1 Å². The van der Waals surface area contributed by atoms with Gasteiger partial charge in [0.05, 0.1) is 16.8 Å². The SMILES string of the molecule is CN(C)c1cc(C(N)=O)c(O)c(-c2ccccc2)c1C(F)(F)F. The summed E-state index contributed by atoms with van der Waals surface area (Å²) in [5, 5.41) is 10.2. The van der Waals surface area contributed by atoms with Crippen LogP contribution in [-0.2, 0) is 6.18 Å². The average molecular weight is 324 g/mol. The van der Waals surface area contributed by atoms with Crippen molar-refractivity contribution >= 4 is 11.6 Å². The van der Waals surface area contributed by atoms with E-state index < -0.39 is 29.0 Å². The second kappa shape index (κ2) is 5.83. The molecule has 3 N–H and O–H groups in total. The Balaban J connectivity index is 2.98. The lowest BCUT2D eigenvalue weighted by Gasteiger charge is -2.24. The number of phenols is 1. The minimum Gasteiger partial charge on any atom is -0.506 e. The highest BCUT2D eigenvalue weighted by Gasteiger charge is 2.40. The molecule has 0 atom stereocenters. The lowest BCUT2D eigenvalue weighted by atomic mass is 9.93. The van der Waals surface area contributed by atoms with Crippen LogP contribution in [0.1, 0.15) is 15.9 Å². The molecule has 0 unspecified atom stereocenters. The molecular formula is C16H15F3N2O2. The van der Waals surface area contributed by atoms with Crippen LogP contribution in [0.2, 0.25) is 0 Å². The van der Waals surface area contributed by atoms with E-state index in [0.717, 1.165) is 6.07 Å². The van der Waals surface area contributed by atoms with Crippen LogP contribution in [0.3, 0.4) is 0 Å². The summed E-state index contributed by atoms with van der Waals surface area (Å²) in [7, 11) is 2.84. The molecule has 2 rings (SSSR count). The fraction of sp³-hybridized carbons (Fsp3) is 0.188. The Labute approximate surface area is 131 Å². The lowest BCUT2D eigenvalue weighted by Crippen LogP contribution is -2.20. The van der Waals surface area contributed by atoms with Gasteiger partial charge in [-0.15, -0.1) is 0 Å². The number of primary amides is 1. The van der Waals surface area contributed by atoms with Crippen LogP contribution in [0.25, 0.3) is 11.1 Å². The number of carbonyl (C=O) groups is 1. The van der Waals surface area contributed by atoms with Crippen LogP contribution in [-0.4, -0.2) is 25.1 Å². The van der Waals surface area contributed by atoms with Gasteiger partial charge in [0.15, 0.2) is 0 Å². The molecule has 0 aromatic heterocycles. The Hall–Kier alpha value is -2.70. The number of nitrogens with zero attached hydrogens (tertiary/aromatic N) is 1. The number of anilines is 1. The van der Waals surface area contributed by atoms with Crippen molar-refractivity contribution in [2.45, 2.75) is 6.18 Å². The van der Waals surface area contributed by atoms with Gasteiger partial charge in [0, 0.05) is 19.7 Å². The van der Waals surface area contributed by atoms with E-state index in [0.29, 0.717) is 0 Å². The van der Waals surface area contributed by atoms with Gasteiger partial charge in [-0.25, -0.2) is 0 Å². The van der Waals surface area contributed by atoms with Crippen LogP contribution < -0.4 is 10.6 Å². The molecule has 4 nitrogen and oxygen atoms in total. The molecule has 23 heavy (non-hydrogen) atoms. The first-order chi connectivity index (χ1) is 10.6. The number of benzene rings is 2. The van der Waals surface area contributed by atoms with E-state index in [1.54, 1.807) is 18.2 Å². The molecule has 0 heterocycles. The van der Waals surface area contributed by atoms with Crippen LogP contribution in [0.15, 0.2) is 36.4 Å². The van der Waals surface area contributed by atoms with Gasteiger partial charge in [-0.1, -0.05) is 30.3 Å². The molecule has 2 aromatic carbocycles. The highest BCUT2D eigenvalue weighted by atomic mass is 19.4. The van der Waals surface area contributed by atoms with Gasteiger partial charge >= 0.3 is 6.18 Å². The fourth-order valence-corrected chi connectivity index (χ4v) is 2.37. The summed E-state index contributed by atoms with van der Waals surface area (Å²) in [6.07, 6.45) is -4.72. The molecule has 0 saturated carbocycles. The Kier molecular flexibility index (Phi) is 4.22. The maximum absolute atomic E-state index is 13.6. The summed E-state index contributed by atoms with van der Waals surface area (Å²) in [5.74, 6) is -1.78. The van der Waals surface area contributed by atoms with Crippen LogP contribution in [0, 0.1) is 0 Å². The summed E-state index contributed by atoms with van der Waals surface area (Å²) in [5.41, 5.74) is 3.25. The third kappa shape index (κ3) is 3.08. The Morgan fingerprint density at radius 1 is 1.17 bits per heavy atom. The molecule has 122 valence electrons. The first kappa shape index (κ1) is 16.7. The molecule has 1 amide bonds. The van der Waals surface area contributed by atoms with Crippen molar-refractivity contribution in [3.63, 3.8) is 0 Å². The quantitative estimate of drug-likeness (QED) is 0.911. The normalized spacial score (nSPS) is 11.3. The number of rotatable bonds is 3. The van der Waals surface area contributed by atoms with Gasteiger partial charge in [-0.3, -0.25) is 4.79 Å². The molecule has 0 saturated heterocycles. The molecular weight excluding hydrogens is 309 g/mol. The number of carbonyl (C=O) groups excluding carboxylic acids is 1. The minimum atomic E-state index is -4.72. The maximum Gasteiger partial charge on any atom is 0.419 e. The molecule has 0 radical (unpaired) electrons. The highest BCUT2D eigenvalue weighted by Crippen LogP contribution is 2.48. The zero-order chi connectivity index (χ0) is 17.4. The first-order valence-electron chi connectivity index (χ1n) is 6.64. The van der Waals surface area contributed by atoms with Crippen molar-refractivity contribution in [3.8, 4) is 16.9 Å². The van der Waals surface area contributed by atoms with E-state index in [9.17, 15) is 23.1 Å². The highest BCUT2D eigenvalue weighted by molar-refractivity contribution is 6.01. The zero-order valence-electron chi connectivity index (χ0n) is 12.5. The average Bonchev–Trinajstić information content (AvgIpc) is 2.45. The van der Waals surface area contributed by atoms with Gasteiger partial charge in [0.2, 0.25) is 0 Å². The number of alkyl halides is 3. The second-order valence-electron chi connectivity index (χ2n) is 5.16. The van der Waals surface area contributed by atoms with Crippen LogP contribution >= 0.6 is 0 Å². The van der Waals surface area contributed by atoms with E-state index in [2.05, 4.69) is 0 Å². The smallest absolute Gasteiger partial charge is 0.419 e. The summed E-state index contributed by atoms with van der Waals surface area (Å²) < 4.78 is 40.8. The van der Waals surface area contributed by atoms with Crippen molar-refractivity contribution in [3.05, 3.63) is 47.5 Å². The number of amides is 1. The molecule has 7 heteroatoms. The van der Waals surface area contributed by atoms with Crippen molar-refractivity contribution in [2.24, 2.45) is 5.73 Å². The number of aromatic hydroxyl groups is 1. The lowest BCUT2D eigenvalue weighted by molar-refractivity contribution is -0.136. The van der Waals surface area contributed by atoms with Crippen LogP contribution in [0.5, 0.6) is 5.75 Å². The summed E-state index contributed by atoms with van der Waals surface area (Å²) >= 11 is 0. The fourth-order valence-electron chi connectivity index (χ4n) is 2.37. The van der Waals surface area contributed by atoms with Crippen molar-refractivity contribution in [2.75, 3.05) is 19.0 Å². The molecule has 0 fully saturated rings. The number of hydrogen-bond donors (Lipinski definition) is 2. The number of halogens is 3. The zero-order valence-corrected chi connectivity index (χ0v) is 12.5. The molecule has 0 aliphatic rings. The van der Waals surface area contributed by atoms with Crippen molar-refractivity contribution in [1.29, 1.82) is 0 Å². The Morgan fingerprint density at radius 2 is 1.74 bits per heavy atom. The number of nitrogens with two attached hydrogens (primary N) is 1. The maximum atomic E-state index is 13.6. The van der Waals surface area contributed by atoms with Gasteiger partial charge < -0.3 is 15.7 Å². The van der Waals surface area contributed by atoms with E-state index in [1.807, 2.05) is 0 Å². The second-order valence-corrected chi connectivity index (χ2v) is 5.16. The molecule has 0 aliphatic heterocycles. The topological polar surface area (TPSA) is 66.6 Å². The van der Waals surface area contributed by atoms with E-state index in [4.69, 9.17) is 5.73 Å². The summed E-state index contributed by atoms with van der Waals surface area (Å²) in [6.45, 7) is 0. The number of hydrogen-bond acceptors (Lipinski definition) is 3. The summed E-state index contributed by atoms with van der Waals surface area (Å²) in [4.78, 5) is 12.7. The predicted molar refractivity (Wildman–Crippen MR) is 81.4 cm³/mol. The third-order valence-electron chi connectivity index (χ3n) is 3.37. The Bertz CT molecular complexity index is 741. The molecule has 0 aliphatic carbocycles. The first-order valence-corrected chi connectivity index (χ1v) is 6.64. The minimum absolute atomic E-state index is 0.142. The van der Waals surface area contributed by atoms with Gasteiger partial charge in [0.25, 0.3) is 5.91 Å². The third-order valence-corrected chi connectivity index (χ3v) is 3.37. The molecule has 0 spiro atoms. The van der Waals surface area contributed by atoms with E-state index >= 15 is 0 Å². The Morgan fingerprint density at radius 3 is 2.17 bits per heavy atom. The van der Waals surface area contributed by atoms with Gasteiger partial charge in [-0.2, -0.15) is 13.2 Å². The monoisotopic (exact) mass is 324 g/mol. The van der Waals surface area contributed by atoms with Crippen molar-refractivity contribution in [1.82, 2.24) is 0 Å². The molecule has 2 aromatic rings. The van der Waals surface area contributed by atoms with Crippen LogP contribution in [0.4, 0.5) is 18.9 Å².